The topological polar surface area (TPSA) is 59.3 Å². The Bertz CT molecular complexity index is 184. The zero-order valence-electron chi connectivity index (χ0n) is 8.58. The van der Waals surface area contributed by atoms with Crippen LogP contribution in [-0.2, 0) is 0 Å². The molecule has 80 valence electrons. The van der Waals surface area contributed by atoms with Gasteiger partial charge in [-0.25, -0.2) is 0 Å². The summed E-state index contributed by atoms with van der Waals surface area (Å²) in [6.07, 6.45) is 3.01. The fourth-order valence-electron chi connectivity index (χ4n) is 1.87. The van der Waals surface area contributed by atoms with Crippen LogP contribution in [0.1, 0.15) is 19.3 Å². The van der Waals surface area contributed by atoms with Crippen molar-refractivity contribution in [3.63, 3.8) is 0 Å². The molecule has 0 aromatic rings. The maximum absolute atomic E-state index is 8.86. The maximum atomic E-state index is 8.86. The van der Waals surface area contributed by atoms with Crippen LogP contribution in [0.2, 0.25) is 0 Å². The standard InChI is InChI=1S/C10H19N3O/c11-4-2-6-13(7-8-14)9-10-3-1-5-12-10/h10,12,14H,1-3,5-9H2. The number of hydrogen-bond acceptors (Lipinski definition) is 4. The first kappa shape index (κ1) is 11.4. The monoisotopic (exact) mass is 197 g/mol. The second kappa shape index (κ2) is 6.77. The average molecular weight is 197 g/mol. The molecule has 0 aromatic heterocycles. The Hall–Kier alpha value is -0.630. The van der Waals surface area contributed by atoms with E-state index >= 15 is 0 Å². The van der Waals surface area contributed by atoms with Crippen LogP contribution in [0.4, 0.5) is 0 Å². The van der Waals surface area contributed by atoms with Crippen LogP contribution in [0.25, 0.3) is 0 Å². The molecular formula is C10H19N3O. The summed E-state index contributed by atoms with van der Waals surface area (Å²) < 4.78 is 0. The van der Waals surface area contributed by atoms with Crippen LogP contribution in [0.15, 0.2) is 0 Å². The number of hydrogen-bond donors (Lipinski definition) is 2. The molecule has 1 rings (SSSR count). The van der Waals surface area contributed by atoms with Crippen LogP contribution in [-0.4, -0.2) is 48.8 Å². The average Bonchev–Trinajstić information content (AvgIpc) is 2.67. The van der Waals surface area contributed by atoms with E-state index in [1.54, 1.807) is 0 Å². The summed E-state index contributed by atoms with van der Waals surface area (Å²) in [6, 6.07) is 2.69. The van der Waals surface area contributed by atoms with Gasteiger partial charge < -0.3 is 10.4 Å². The molecule has 1 atom stereocenters. The SMILES string of the molecule is N#CCCN(CCO)CC1CCCN1. The third-order valence-corrected chi connectivity index (χ3v) is 2.60. The van der Waals surface area contributed by atoms with Gasteiger partial charge in [0.05, 0.1) is 12.7 Å². The van der Waals surface area contributed by atoms with Crippen LogP contribution >= 0.6 is 0 Å². The molecule has 0 aromatic carbocycles. The fraction of sp³-hybridized carbons (Fsp3) is 0.900. The van der Waals surface area contributed by atoms with Crippen molar-refractivity contribution in [1.82, 2.24) is 10.2 Å². The number of rotatable bonds is 6. The first-order valence-electron chi connectivity index (χ1n) is 5.30. The van der Waals surface area contributed by atoms with E-state index in [0.717, 1.165) is 19.6 Å². The van der Waals surface area contributed by atoms with E-state index in [-0.39, 0.29) is 6.61 Å². The third kappa shape index (κ3) is 4.05. The number of aliphatic hydroxyl groups is 1. The van der Waals surface area contributed by atoms with Gasteiger partial charge in [-0.05, 0) is 19.4 Å². The highest BCUT2D eigenvalue weighted by atomic mass is 16.3. The lowest BCUT2D eigenvalue weighted by Crippen LogP contribution is -2.39. The molecule has 0 saturated carbocycles. The highest BCUT2D eigenvalue weighted by Gasteiger charge is 2.17. The number of nitrogens with one attached hydrogen (secondary N) is 1. The molecule has 1 fully saturated rings. The zero-order chi connectivity index (χ0) is 10.2. The molecular weight excluding hydrogens is 178 g/mol. The second-order valence-corrected chi connectivity index (χ2v) is 3.73. The Morgan fingerprint density at radius 2 is 2.36 bits per heavy atom. The first-order valence-corrected chi connectivity index (χ1v) is 5.30. The van der Waals surface area contributed by atoms with Crippen molar-refractivity contribution in [2.75, 3.05) is 32.8 Å². The van der Waals surface area contributed by atoms with Crippen molar-refractivity contribution < 1.29 is 5.11 Å². The maximum Gasteiger partial charge on any atom is 0.0635 e. The van der Waals surface area contributed by atoms with E-state index < -0.39 is 0 Å². The Morgan fingerprint density at radius 3 is 2.93 bits per heavy atom. The lowest BCUT2D eigenvalue weighted by Gasteiger charge is -2.23. The number of aliphatic hydroxyl groups excluding tert-OH is 1. The highest BCUT2D eigenvalue weighted by Crippen LogP contribution is 2.06. The van der Waals surface area contributed by atoms with Gasteiger partial charge in [0, 0.05) is 32.1 Å². The Labute approximate surface area is 85.5 Å². The third-order valence-electron chi connectivity index (χ3n) is 2.60. The number of nitrogens with zero attached hydrogens (tertiary/aromatic N) is 2. The quantitative estimate of drug-likeness (QED) is 0.626. The molecule has 4 heteroatoms. The van der Waals surface area contributed by atoms with Gasteiger partial charge >= 0.3 is 0 Å². The van der Waals surface area contributed by atoms with Crippen molar-refractivity contribution in [2.24, 2.45) is 0 Å². The van der Waals surface area contributed by atoms with Gasteiger partial charge in [0.25, 0.3) is 0 Å². The first-order chi connectivity index (χ1) is 6.86. The van der Waals surface area contributed by atoms with E-state index in [2.05, 4.69) is 16.3 Å². The molecule has 0 amide bonds. The molecule has 0 aliphatic carbocycles. The minimum absolute atomic E-state index is 0.179. The molecule has 2 N–H and O–H groups in total. The van der Waals surface area contributed by atoms with E-state index in [1.807, 2.05) is 0 Å². The lowest BCUT2D eigenvalue weighted by atomic mass is 10.2. The predicted octanol–water partition coefficient (Wildman–Crippen LogP) is -0.0536. The highest BCUT2D eigenvalue weighted by molar-refractivity contribution is 4.80. The molecule has 0 bridgehead atoms. The smallest absolute Gasteiger partial charge is 0.0635 e. The van der Waals surface area contributed by atoms with Gasteiger partial charge in [0.1, 0.15) is 0 Å². The normalized spacial score (nSPS) is 21.4. The van der Waals surface area contributed by atoms with Gasteiger partial charge in [-0.2, -0.15) is 5.26 Å². The van der Waals surface area contributed by atoms with Gasteiger partial charge in [0.2, 0.25) is 0 Å². The van der Waals surface area contributed by atoms with Crippen molar-refractivity contribution >= 4 is 0 Å². The Balaban J connectivity index is 2.22. The van der Waals surface area contributed by atoms with Crippen molar-refractivity contribution in [3.8, 4) is 6.07 Å². The van der Waals surface area contributed by atoms with Crippen molar-refractivity contribution in [2.45, 2.75) is 25.3 Å². The fourth-order valence-corrected chi connectivity index (χ4v) is 1.87. The molecule has 1 aliphatic heterocycles. The largest absolute Gasteiger partial charge is 0.395 e. The Morgan fingerprint density at radius 1 is 1.50 bits per heavy atom. The van der Waals surface area contributed by atoms with E-state index in [9.17, 15) is 0 Å². The van der Waals surface area contributed by atoms with E-state index in [1.165, 1.54) is 12.8 Å². The summed E-state index contributed by atoms with van der Waals surface area (Å²) in [6.45, 7) is 3.70. The van der Waals surface area contributed by atoms with Crippen LogP contribution in [0.5, 0.6) is 0 Å². The summed E-state index contributed by atoms with van der Waals surface area (Å²) in [7, 11) is 0. The minimum Gasteiger partial charge on any atom is -0.395 e. The summed E-state index contributed by atoms with van der Waals surface area (Å²) in [4.78, 5) is 2.16. The minimum atomic E-state index is 0.179. The second-order valence-electron chi connectivity index (χ2n) is 3.73. The van der Waals surface area contributed by atoms with Gasteiger partial charge in [-0.3, -0.25) is 4.90 Å². The Kier molecular flexibility index (Phi) is 5.53. The van der Waals surface area contributed by atoms with E-state index in [0.29, 0.717) is 19.0 Å². The molecule has 1 aliphatic rings. The summed E-state index contributed by atoms with van der Waals surface area (Å²) in [5.74, 6) is 0. The molecule has 1 unspecified atom stereocenters. The van der Waals surface area contributed by atoms with Crippen LogP contribution < -0.4 is 5.32 Å². The molecule has 0 spiro atoms. The summed E-state index contributed by atoms with van der Waals surface area (Å²) in [5, 5.41) is 20.8. The van der Waals surface area contributed by atoms with Crippen LogP contribution in [0.3, 0.4) is 0 Å². The lowest BCUT2D eigenvalue weighted by molar-refractivity contribution is 0.187. The molecule has 14 heavy (non-hydrogen) atoms. The van der Waals surface area contributed by atoms with Gasteiger partial charge in [-0.1, -0.05) is 0 Å². The van der Waals surface area contributed by atoms with E-state index in [4.69, 9.17) is 10.4 Å². The van der Waals surface area contributed by atoms with Crippen molar-refractivity contribution in [3.05, 3.63) is 0 Å². The predicted molar refractivity (Wildman–Crippen MR) is 54.8 cm³/mol. The summed E-state index contributed by atoms with van der Waals surface area (Å²) >= 11 is 0. The van der Waals surface area contributed by atoms with Crippen molar-refractivity contribution in [1.29, 1.82) is 5.26 Å². The van der Waals surface area contributed by atoms with Crippen LogP contribution in [0, 0.1) is 11.3 Å². The number of nitriles is 1. The van der Waals surface area contributed by atoms with Gasteiger partial charge in [0.15, 0.2) is 0 Å². The zero-order valence-corrected chi connectivity index (χ0v) is 8.58. The molecule has 4 nitrogen and oxygen atoms in total. The molecule has 1 heterocycles. The van der Waals surface area contributed by atoms with Gasteiger partial charge in [-0.15, -0.1) is 0 Å². The molecule has 1 saturated heterocycles. The molecule has 0 radical (unpaired) electrons. The summed E-state index contributed by atoms with van der Waals surface area (Å²) in [5.41, 5.74) is 0.